The highest BCUT2D eigenvalue weighted by molar-refractivity contribution is 5.15. The number of aromatic nitrogens is 1. The van der Waals surface area contributed by atoms with Gasteiger partial charge in [-0.25, -0.2) is 4.39 Å². The first kappa shape index (κ1) is 10.1. The molecule has 1 aromatic heterocycles. The Morgan fingerprint density at radius 2 is 2.08 bits per heavy atom. The Bertz CT molecular complexity index is 273. The second-order valence-electron chi connectivity index (χ2n) is 3.45. The third-order valence-corrected chi connectivity index (χ3v) is 2.06. The van der Waals surface area contributed by atoms with Crippen molar-refractivity contribution in [1.29, 1.82) is 0 Å². The van der Waals surface area contributed by atoms with Gasteiger partial charge in [0.1, 0.15) is 5.82 Å². The van der Waals surface area contributed by atoms with Crippen molar-refractivity contribution in [1.82, 2.24) is 10.3 Å². The highest BCUT2D eigenvalue weighted by atomic mass is 19.1. The zero-order valence-electron chi connectivity index (χ0n) is 8.21. The molecule has 0 saturated heterocycles. The molecule has 1 aromatic rings. The summed E-state index contributed by atoms with van der Waals surface area (Å²) in [4.78, 5) is 3.82. The molecule has 0 aromatic carbocycles. The zero-order chi connectivity index (χ0) is 9.84. The average molecular weight is 182 g/mol. The summed E-state index contributed by atoms with van der Waals surface area (Å²) in [5.41, 5.74) is 0.900. The Morgan fingerprint density at radius 1 is 1.38 bits per heavy atom. The fraction of sp³-hybridized carbons (Fsp3) is 0.500. The van der Waals surface area contributed by atoms with Gasteiger partial charge >= 0.3 is 0 Å². The van der Waals surface area contributed by atoms with Gasteiger partial charge < -0.3 is 5.32 Å². The van der Waals surface area contributed by atoms with Crippen molar-refractivity contribution in [3.05, 3.63) is 29.8 Å². The molecule has 1 unspecified atom stereocenters. The van der Waals surface area contributed by atoms with Crippen molar-refractivity contribution in [2.45, 2.75) is 19.9 Å². The Morgan fingerprint density at radius 3 is 2.54 bits per heavy atom. The summed E-state index contributed by atoms with van der Waals surface area (Å²) in [5.74, 6) is 0.145. The van der Waals surface area contributed by atoms with E-state index in [0.717, 1.165) is 5.56 Å². The summed E-state index contributed by atoms with van der Waals surface area (Å²) in [7, 11) is 1.87. The van der Waals surface area contributed by atoms with E-state index in [2.05, 4.69) is 24.1 Å². The van der Waals surface area contributed by atoms with Gasteiger partial charge in [-0.05, 0) is 24.6 Å². The first-order valence-corrected chi connectivity index (χ1v) is 4.43. The maximum absolute atomic E-state index is 12.8. The van der Waals surface area contributed by atoms with Crippen molar-refractivity contribution in [3.63, 3.8) is 0 Å². The molecule has 1 heterocycles. The minimum absolute atomic E-state index is 0.170. The lowest BCUT2D eigenvalue weighted by atomic mass is 9.98. The van der Waals surface area contributed by atoms with Gasteiger partial charge in [-0.1, -0.05) is 13.8 Å². The molecule has 3 heteroatoms. The number of hydrogen-bond acceptors (Lipinski definition) is 2. The van der Waals surface area contributed by atoms with Crippen LogP contribution in [0.2, 0.25) is 0 Å². The summed E-state index contributed by atoms with van der Waals surface area (Å²) >= 11 is 0. The highest BCUT2D eigenvalue weighted by Gasteiger charge is 2.13. The van der Waals surface area contributed by atoms with Crippen LogP contribution >= 0.6 is 0 Å². The maximum atomic E-state index is 12.8. The number of nitrogens with zero attached hydrogens (tertiary/aromatic N) is 1. The second kappa shape index (κ2) is 4.33. The minimum atomic E-state index is -0.279. The molecule has 0 fully saturated rings. The first-order valence-electron chi connectivity index (χ1n) is 4.43. The van der Waals surface area contributed by atoms with Gasteiger partial charge in [0.05, 0.1) is 6.20 Å². The molecule has 13 heavy (non-hydrogen) atoms. The van der Waals surface area contributed by atoms with Crippen LogP contribution in [0.3, 0.4) is 0 Å². The molecule has 2 nitrogen and oxygen atoms in total. The van der Waals surface area contributed by atoms with E-state index in [4.69, 9.17) is 0 Å². The predicted octanol–water partition coefficient (Wildman–Crippen LogP) is 2.14. The number of nitrogens with one attached hydrogen (secondary N) is 1. The lowest BCUT2D eigenvalue weighted by Crippen LogP contribution is -2.21. The average Bonchev–Trinajstić information content (AvgIpc) is 2.04. The van der Waals surface area contributed by atoms with Gasteiger partial charge in [0.15, 0.2) is 0 Å². The molecule has 1 atom stereocenters. The fourth-order valence-corrected chi connectivity index (χ4v) is 1.48. The topological polar surface area (TPSA) is 24.9 Å². The molecular formula is C10H15FN2. The van der Waals surface area contributed by atoms with Crippen molar-refractivity contribution in [3.8, 4) is 0 Å². The zero-order valence-corrected chi connectivity index (χ0v) is 8.21. The van der Waals surface area contributed by atoms with Gasteiger partial charge in [0.25, 0.3) is 0 Å². The van der Waals surface area contributed by atoms with Gasteiger partial charge in [0.2, 0.25) is 0 Å². The van der Waals surface area contributed by atoms with E-state index in [9.17, 15) is 4.39 Å². The van der Waals surface area contributed by atoms with E-state index in [-0.39, 0.29) is 11.9 Å². The van der Waals surface area contributed by atoms with Gasteiger partial charge in [-0.15, -0.1) is 0 Å². The molecule has 0 radical (unpaired) electrons. The number of hydrogen-bond donors (Lipinski definition) is 1. The minimum Gasteiger partial charge on any atom is -0.313 e. The first-order chi connectivity index (χ1) is 6.15. The number of pyridine rings is 1. The SMILES string of the molecule is CNC(c1cncc(F)c1)C(C)C. The van der Waals surface area contributed by atoms with E-state index >= 15 is 0 Å². The number of rotatable bonds is 3. The van der Waals surface area contributed by atoms with Crippen molar-refractivity contribution in [2.24, 2.45) is 5.92 Å². The normalized spacial score (nSPS) is 13.3. The van der Waals surface area contributed by atoms with E-state index < -0.39 is 0 Å². The maximum Gasteiger partial charge on any atom is 0.141 e. The lowest BCUT2D eigenvalue weighted by molar-refractivity contribution is 0.439. The third-order valence-electron chi connectivity index (χ3n) is 2.06. The fourth-order valence-electron chi connectivity index (χ4n) is 1.48. The van der Waals surface area contributed by atoms with Gasteiger partial charge in [-0.3, -0.25) is 4.98 Å². The molecule has 0 bridgehead atoms. The van der Waals surface area contributed by atoms with Crippen molar-refractivity contribution >= 4 is 0 Å². The van der Waals surface area contributed by atoms with Crippen LogP contribution in [0.5, 0.6) is 0 Å². The Kier molecular flexibility index (Phi) is 3.37. The molecule has 0 aliphatic carbocycles. The van der Waals surface area contributed by atoms with Crippen LogP contribution in [-0.2, 0) is 0 Å². The highest BCUT2D eigenvalue weighted by Crippen LogP contribution is 2.20. The molecule has 0 saturated carbocycles. The van der Waals surface area contributed by atoms with Crippen molar-refractivity contribution in [2.75, 3.05) is 7.05 Å². The van der Waals surface area contributed by atoms with Crippen LogP contribution in [0.15, 0.2) is 18.5 Å². The van der Waals surface area contributed by atoms with Crippen LogP contribution in [-0.4, -0.2) is 12.0 Å². The molecular weight excluding hydrogens is 167 g/mol. The number of halogens is 1. The molecule has 1 N–H and O–H groups in total. The standard InChI is InChI=1S/C10H15FN2/c1-7(2)10(12-3)8-4-9(11)6-13-5-8/h4-7,10,12H,1-3H3. The van der Waals surface area contributed by atoms with Crippen molar-refractivity contribution < 1.29 is 4.39 Å². The largest absolute Gasteiger partial charge is 0.313 e. The summed E-state index contributed by atoms with van der Waals surface area (Å²) in [6.07, 6.45) is 2.92. The van der Waals surface area contributed by atoms with E-state index in [1.54, 1.807) is 6.20 Å². The summed E-state index contributed by atoms with van der Waals surface area (Å²) in [6.45, 7) is 4.18. The van der Waals surface area contributed by atoms with Crippen LogP contribution in [0.25, 0.3) is 0 Å². The Labute approximate surface area is 78.2 Å². The monoisotopic (exact) mass is 182 g/mol. The summed E-state index contributed by atoms with van der Waals surface area (Å²) < 4.78 is 12.8. The molecule has 0 spiro atoms. The molecule has 0 amide bonds. The van der Waals surface area contributed by atoms with E-state index in [1.807, 2.05) is 7.05 Å². The molecule has 0 aliphatic heterocycles. The molecule has 0 aliphatic rings. The predicted molar refractivity (Wildman–Crippen MR) is 50.8 cm³/mol. The van der Waals surface area contributed by atoms with Crippen LogP contribution in [0, 0.1) is 11.7 Å². The van der Waals surface area contributed by atoms with Gasteiger partial charge in [-0.2, -0.15) is 0 Å². The Hall–Kier alpha value is -0.960. The van der Waals surface area contributed by atoms with E-state index in [0.29, 0.717) is 5.92 Å². The smallest absolute Gasteiger partial charge is 0.141 e. The second-order valence-corrected chi connectivity index (χ2v) is 3.45. The molecule has 72 valence electrons. The third kappa shape index (κ3) is 2.49. The Balaban J connectivity index is 2.91. The van der Waals surface area contributed by atoms with Crippen LogP contribution < -0.4 is 5.32 Å². The molecule has 1 rings (SSSR count). The summed E-state index contributed by atoms with van der Waals surface area (Å²) in [6, 6.07) is 1.69. The van der Waals surface area contributed by atoms with E-state index in [1.165, 1.54) is 12.3 Å². The van der Waals surface area contributed by atoms with Crippen LogP contribution in [0.4, 0.5) is 4.39 Å². The lowest BCUT2D eigenvalue weighted by Gasteiger charge is -2.19. The summed E-state index contributed by atoms with van der Waals surface area (Å²) in [5, 5.41) is 3.14. The van der Waals surface area contributed by atoms with Gasteiger partial charge in [0, 0.05) is 12.2 Å². The quantitative estimate of drug-likeness (QED) is 0.774. The van der Waals surface area contributed by atoms with Crippen LogP contribution in [0.1, 0.15) is 25.5 Å².